The van der Waals surface area contributed by atoms with Crippen LogP contribution in [0.3, 0.4) is 0 Å². The molecule has 0 aliphatic carbocycles. The maximum absolute atomic E-state index is 13.9. The van der Waals surface area contributed by atoms with Gasteiger partial charge in [0.15, 0.2) is 0 Å². The van der Waals surface area contributed by atoms with Gasteiger partial charge in [0.05, 0.1) is 10.5 Å². The van der Waals surface area contributed by atoms with Gasteiger partial charge in [-0.05, 0) is 35.9 Å². The molecular weight excluding hydrogens is 335 g/mol. The van der Waals surface area contributed by atoms with Gasteiger partial charge in [0.2, 0.25) is 10.0 Å². The molecule has 1 aliphatic heterocycles. The summed E-state index contributed by atoms with van der Waals surface area (Å²) in [5.74, 6) is 0.287. The topological polar surface area (TPSA) is 70.0 Å². The van der Waals surface area contributed by atoms with Crippen LogP contribution in [0.5, 0.6) is 0 Å². The van der Waals surface area contributed by atoms with Crippen molar-refractivity contribution in [3.8, 4) is 6.07 Å². The molecule has 4 nitrogen and oxygen atoms in total. The highest BCUT2D eigenvalue weighted by molar-refractivity contribution is 7.99. The van der Waals surface area contributed by atoms with Crippen LogP contribution in [0.4, 0.5) is 4.39 Å². The second kappa shape index (κ2) is 6.32. The lowest BCUT2D eigenvalue weighted by Crippen LogP contribution is -2.31. The number of nitriles is 1. The first kappa shape index (κ1) is 16.0. The summed E-state index contributed by atoms with van der Waals surface area (Å²) in [6.07, 6.45) is 0.565. The van der Waals surface area contributed by atoms with Gasteiger partial charge in [-0.15, -0.1) is 11.8 Å². The molecule has 0 radical (unpaired) electrons. The van der Waals surface area contributed by atoms with E-state index in [1.54, 1.807) is 24.3 Å². The van der Waals surface area contributed by atoms with Gasteiger partial charge in [-0.2, -0.15) is 5.26 Å². The van der Waals surface area contributed by atoms with Crippen LogP contribution in [0, 0.1) is 17.1 Å². The zero-order valence-corrected chi connectivity index (χ0v) is 13.6. The summed E-state index contributed by atoms with van der Waals surface area (Å²) in [5, 5.41) is 9.09. The third-order valence-corrected chi connectivity index (χ3v) is 6.31. The van der Waals surface area contributed by atoms with Crippen molar-refractivity contribution in [1.82, 2.24) is 4.72 Å². The number of rotatable bonds is 3. The molecule has 23 heavy (non-hydrogen) atoms. The lowest BCUT2D eigenvalue weighted by Gasteiger charge is -2.26. The van der Waals surface area contributed by atoms with Crippen molar-refractivity contribution >= 4 is 21.8 Å². The van der Waals surface area contributed by atoms with E-state index >= 15 is 0 Å². The van der Waals surface area contributed by atoms with E-state index in [4.69, 9.17) is 5.26 Å². The first-order valence-electron chi connectivity index (χ1n) is 6.95. The largest absolute Gasteiger partial charge is 0.242 e. The maximum atomic E-state index is 13.9. The zero-order chi connectivity index (χ0) is 16.4. The smallest absolute Gasteiger partial charge is 0.207 e. The van der Waals surface area contributed by atoms with Crippen LogP contribution >= 0.6 is 11.8 Å². The molecule has 0 saturated heterocycles. The molecule has 2 aromatic rings. The van der Waals surface area contributed by atoms with Crippen molar-refractivity contribution in [2.24, 2.45) is 0 Å². The number of sulfonamides is 1. The van der Waals surface area contributed by atoms with E-state index < -0.39 is 16.1 Å². The number of benzene rings is 2. The van der Waals surface area contributed by atoms with Crippen molar-refractivity contribution in [1.29, 1.82) is 5.26 Å². The molecule has 118 valence electrons. The SMILES string of the molecule is N#Cc1ccccc1S(=O)(=O)NC1CCSc2c(F)cccc21. The highest BCUT2D eigenvalue weighted by Gasteiger charge is 2.28. The fourth-order valence-corrected chi connectivity index (χ4v) is 5.10. The molecule has 1 atom stereocenters. The number of nitrogens with one attached hydrogen (secondary N) is 1. The van der Waals surface area contributed by atoms with Crippen LogP contribution in [0.2, 0.25) is 0 Å². The minimum atomic E-state index is -3.86. The van der Waals surface area contributed by atoms with Crippen LogP contribution in [-0.4, -0.2) is 14.2 Å². The summed E-state index contributed by atoms with van der Waals surface area (Å²) in [6, 6.07) is 12.1. The van der Waals surface area contributed by atoms with E-state index in [-0.39, 0.29) is 16.3 Å². The Hall–Kier alpha value is -1.88. The first-order chi connectivity index (χ1) is 11.0. The van der Waals surface area contributed by atoms with Gasteiger partial charge >= 0.3 is 0 Å². The van der Waals surface area contributed by atoms with Crippen LogP contribution in [-0.2, 0) is 10.0 Å². The molecule has 1 aliphatic rings. The standard InChI is InChI=1S/C16H13FN2O2S2/c17-13-6-3-5-12-14(8-9-22-16(12)13)19-23(20,21)15-7-2-1-4-11(15)10-18/h1-7,14,19H,8-9H2. The number of halogens is 1. The average Bonchev–Trinajstić information content (AvgIpc) is 2.55. The van der Waals surface area contributed by atoms with E-state index in [0.29, 0.717) is 22.6 Å². The Bertz CT molecular complexity index is 891. The lowest BCUT2D eigenvalue weighted by molar-refractivity contribution is 0.533. The van der Waals surface area contributed by atoms with E-state index in [1.165, 1.54) is 30.0 Å². The highest BCUT2D eigenvalue weighted by atomic mass is 32.2. The van der Waals surface area contributed by atoms with Crippen LogP contribution < -0.4 is 4.72 Å². The normalized spacial score (nSPS) is 17.3. The van der Waals surface area contributed by atoms with Gasteiger partial charge < -0.3 is 0 Å². The van der Waals surface area contributed by atoms with Crippen LogP contribution in [0.15, 0.2) is 52.3 Å². The molecule has 1 heterocycles. The highest BCUT2D eigenvalue weighted by Crippen LogP contribution is 2.38. The number of hydrogen-bond acceptors (Lipinski definition) is 4. The molecule has 0 saturated carbocycles. The fourth-order valence-electron chi connectivity index (χ4n) is 2.55. The van der Waals surface area contributed by atoms with Crippen LogP contribution in [0.25, 0.3) is 0 Å². The molecule has 0 spiro atoms. The Morgan fingerprint density at radius 3 is 2.78 bits per heavy atom. The maximum Gasteiger partial charge on any atom is 0.242 e. The zero-order valence-electron chi connectivity index (χ0n) is 12.0. The third kappa shape index (κ3) is 3.11. The third-order valence-electron chi connectivity index (χ3n) is 3.62. The van der Waals surface area contributed by atoms with Gasteiger partial charge in [-0.25, -0.2) is 17.5 Å². The molecule has 0 fully saturated rings. The van der Waals surface area contributed by atoms with Gasteiger partial charge in [-0.3, -0.25) is 0 Å². The van der Waals surface area contributed by atoms with Crippen molar-refractivity contribution in [3.05, 3.63) is 59.4 Å². The second-order valence-corrected chi connectivity index (χ2v) is 7.86. The quantitative estimate of drug-likeness (QED) is 0.925. The summed E-state index contributed by atoms with van der Waals surface area (Å²) < 4.78 is 41.7. The summed E-state index contributed by atoms with van der Waals surface area (Å²) in [6.45, 7) is 0. The van der Waals surface area contributed by atoms with Crippen LogP contribution in [0.1, 0.15) is 23.6 Å². The van der Waals surface area contributed by atoms with Crippen molar-refractivity contribution in [2.45, 2.75) is 22.3 Å². The number of nitrogens with zero attached hydrogens (tertiary/aromatic N) is 1. The molecule has 0 bridgehead atoms. The first-order valence-corrected chi connectivity index (χ1v) is 9.42. The van der Waals surface area contributed by atoms with Gasteiger partial charge in [0.1, 0.15) is 11.9 Å². The fraction of sp³-hybridized carbons (Fsp3) is 0.188. The molecule has 0 amide bonds. The Balaban J connectivity index is 1.97. The van der Waals surface area contributed by atoms with E-state index in [2.05, 4.69) is 4.72 Å². The molecule has 2 aromatic carbocycles. The predicted octanol–water partition coefficient (Wildman–Crippen LogP) is 3.21. The Morgan fingerprint density at radius 2 is 2.00 bits per heavy atom. The van der Waals surface area contributed by atoms with Gasteiger partial charge in [-0.1, -0.05) is 24.3 Å². The molecule has 7 heteroatoms. The number of hydrogen-bond donors (Lipinski definition) is 1. The molecular formula is C16H13FN2O2S2. The van der Waals surface area contributed by atoms with Gasteiger partial charge in [0, 0.05) is 10.9 Å². The monoisotopic (exact) mass is 348 g/mol. The Morgan fingerprint density at radius 1 is 1.22 bits per heavy atom. The summed E-state index contributed by atoms with van der Waals surface area (Å²) in [5.41, 5.74) is 0.726. The lowest BCUT2D eigenvalue weighted by atomic mass is 10.0. The second-order valence-electron chi connectivity index (χ2n) is 5.08. The Labute approximate surface area is 138 Å². The summed E-state index contributed by atoms with van der Waals surface area (Å²) in [4.78, 5) is 0.429. The molecule has 1 unspecified atom stereocenters. The van der Waals surface area contributed by atoms with E-state index in [9.17, 15) is 12.8 Å². The van der Waals surface area contributed by atoms with Gasteiger partial charge in [0.25, 0.3) is 0 Å². The molecule has 0 aromatic heterocycles. The van der Waals surface area contributed by atoms with Crippen molar-refractivity contribution in [2.75, 3.05) is 5.75 Å². The average molecular weight is 348 g/mol. The summed E-state index contributed by atoms with van der Waals surface area (Å²) in [7, 11) is -3.86. The number of fused-ring (bicyclic) bond motifs is 1. The minimum absolute atomic E-state index is 0.0568. The minimum Gasteiger partial charge on any atom is -0.207 e. The van der Waals surface area contributed by atoms with Crippen molar-refractivity contribution in [3.63, 3.8) is 0 Å². The van der Waals surface area contributed by atoms with E-state index in [1.807, 2.05) is 6.07 Å². The molecule has 1 N–H and O–H groups in total. The predicted molar refractivity (Wildman–Crippen MR) is 86.0 cm³/mol. The molecule has 3 rings (SSSR count). The number of thioether (sulfide) groups is 1. The Kier molecular flexibility index (Phi) is 4.39. The van der Waals surface area contributed by atoms with E-state index in [0.717, 1.165) is 0 Å². The summed E-state index contributed by atoms with van der Waals surface area (Å²) >= 11 is 1.39. The van der Waals surface area contributed by atoms with Crippen molar-refractivity contribution < 1.29 is 12.8 Å².